The first-order valence-electron chi connectivity index (χ1n) is 5.32. The predicted octanol–water partition coefficient (Wildman–Crippen LogP) is 2.82. The first kappa shape index (κ1) is 11.3. The molecule has 0 aliphatic carbocycles. The molecule has 86 valence electrons. The van der Waals surface area contributed by atoms with E-state index in [1.807, 2.05) is 26.0 Å². The van der Waals surface area contributed by atoms with E-state index in [1.165, 1.54) is 0 Å². The van der Waals surface area contributed by atoms with Crippen LogP contribution in [0.25, 0.3) is 0 Å². The Labute approximate surface area is 100 Å². The number of nitrogens with one attached hydrogen (secondary N) is 1. The quantitative estimate of drug-likeness (QED) is 0.754. The number of amides is 1. The second-order valence-electron chi connectivity index (χ2n) is 4.34. The zero-order chi connectivity index (χ0) is 11.9. The Morgan fingerprint density at radius 2 is 2.19 bits per heavy atom. The van der Waals surface area contributed by atoms with Crippen LogP contribution in [0.4, 0.5) is 11.4 Å². The number of benzene rings is 1. The highest BCUT2D eigenvalue weighted by Crippen LogP contribution is 2.36. The fourth-order valence-corrected chi connectivity index (χ4v) is 2.29. The summed E-state index contributed by atoms with van der Waals surface area (Å²) in [6, 6.07) is 3.99. The van der Waals surface area contributed by atoms with Crippen LogP contribution in [0, 0.1) is 6.92 Å². The van der Waals surface area contributed by atoms with E-state index in [2.05, 4.69) is 5.32 Å². The standard InChI is InChI=1S/C12H15ClN2O/c1-7-4-9(13)12-10(5-7)15(3)11(16)6-8(2)14-12/h4-5,8,14H,6H2,1-3H3. The molecule has 1 heterocycles. The Morgan fingerprint density at radius 3 is 2.88 bits per heavy atom. The van der Waals surface area contributed by atoms with Crippen molar-refractivity contribution in [2.45, 2.75) is 26.3 Å². The van der Waals surface area contributed by atoms with Crippen molar-refractivity contribution < 1.29 is 4.79 Å². The van der Waals surface area contributed by atoms with E-state index in [1.54, 1.807) is 11.9 Å². The molecule has 1 amide bonds. The third-order valence-corrected chi connectivity index (χ3v) is 3.12. The summed E-state index contributed by atoms with van der Waals surface area (Å²) in [5, 5.41) is 3.95. The van der Waals surface area contributed by atoms with Gasteiger partial charge in [-0.2, -0.15) is 0 Å². The normalized spacial score (nSPS) is 20.1. The minimum atomic E-state index is 0.108. The lowest BCUT2D eigenvalue weighted by Gasteiger charge is -2.18. The second-order valence-corrected chi connectivity index (χ2v) is 4.75. The number of hydrogen-bond donors (Lipinski definition) is 1. The molecular weight excluding hydrogens is 224 g/mol. The van der Waals surface area contributed by atoms with Crippen molar-refractivity contribution in [1.29, 1.82) is 0 Å². The summed E-state index contributed by atoms with van der Waals surface area (Å²) in [6.45, 7) is 3.95. The van der Waals surface area contributed by atoms with Gasteiger partial charge in [0.05, 0.1) is 16.4 Å². The molecule has 0 spiro atoms. The van der Waals surface area contributed by atoms with Crippen molar-refractivity contribution in [2.24, 2.45) is 0 Å². The van der Waals surface area contributed by atoms with Gasteiger partial charge in [0.15, 0.2) is 0 Å². The molecule has 0 saturated carbocycles. The molecule has 1 aliphatic rings. The average Bonchev–Trinajstić information content (AvgIpc) is 2.29. The smallest absolute Gasteiger partial charge is 0.228 e. The number of halogens is 1. The van der Waals surface area contributed by atoms with Crippen LogP contribution in [0.5, 0.6) is 0 Å². The van der Waals surface area contributed by atoms with E-state index >= 15 is 0 Å². The van der Waals surface area contributed by atoms with Crippen molar-refractivity contribution in [3.05, 3.63) is 22.7 Å². The first-order chi connectivity index (χ1) is 7.49. The highest BCUT2D eigenvalue weighted by atomic mass is 35.5. The molecule has 1 aromatic carbocycles. The van der Waals surface area contributed by atoms with Gasteiger partial charge in [-0.25, -0.2) is 0 Å². The van der Waals surface area contributed by atoms with E-state index in [-0.39, 0.29) is 11.9 Å². The van der Waals surface area contributed by atoms with Crippen LogP contribution in [-0.2, 0) is 4.79 Å². The highest BCUT2D eigenvalue weighted by molar-refractivity contribution is 6.34. The maximum Gasteiger partial charge on any atom is 0.228 e. The Balaban J connectivity index is 2.59. The molecule has 3 nitrogen and oxygen atoms in total. The molecule has 0 radical (unpaired) electrons. The molecule has 4 heteroatoms. The van der Waals surface area contributed by atoms with E-state index < -0.39 is 0 Å². The molecule has 2 rings (SSSR count). The molecule has 0 bridgehead atoms. The summed E-state index contributed by atoms with van der Waals surface area (Å²) in [6.07, 6.45) is 0.487. The van der Waals surface area contributed by atoms with E-state index in [0.717, 1.165) is 16.9 Å². The SMILES string of the molecule is Cc1cc(Cl)c2c(c1)N(C)C(=O)CC(C)N2. The third kappa shape index (κ3) is 1.87. The van der Waals surface area contributed by atoms with Crippen molar-refractivity contribution in [1.82, 2.24) is 0 Å². The summed E-state index contributed by atoms with van der Waals surface area (Å²) < 4.78 is 0. The van der Waals surface area contributed by atoms with Crippen molar-refractivity contribution in [3.8, 4) is 0 Å². The number of aryl methyl sites for hydroxylation is 1. The molecule has 1 unspecified atom stereocenters. The van der Waals surface area contributed by atoms with Gasteiger partial charge >= 0.3 is 0 Å². The molecular formula is C12H15ClN2O. The summed E-state index contributed by atoms with van der Waals surface area (Å²) in [5.74, 6) is 0.111. The molecule has 1 aromatic rings. The summed E-state index contributed by atoms with van der Waals surface area (Å²) in [4.78, 5) is 13.5. The maximum atomic E-state index is 11.9. The van der Waals surface area contributed by atoms with E-state index in [4.69, 9.17) is 11.6 Å². The topological polar surface area (TPSA) is 32.3 Å². The van der Waals surface area contributed by atoms with Crippen molar-refractivity contribution in [2.75, 3.05) is 17.3 Å². The number of nitrogens with zero attached hydrogens (tertiary/aromatic N) is 1. The lowest BCUT2D eigenvalue weighted by molar-refractivity contribution is -0.118. The summed E-state index contributed by atoms with van der Waals surface area (Å²) >= 11 is 6.20. The van der Waals surface area contributed by atoms with Crippen LogP contribution in [-0.4, -0.2) is 19.0 Å². The number of hydrogen-bond acceptors (Lipinski definition) is 2. The van der Waals surface area contributed by atoms with Gasteiger partial charge < -0.3 is 10.2 Å². The molecule has 1 N–H and O–H groups in total. The van der Waals surface area contributed by atoms with Gasteiger partial charge in [0, 0.05) is 19.5 Å². The van der Waals surface area contributed by atoms with E-state index in [0.29, 0.717) is 11.4 Å². The lowest BCUT2D eigenvalue weighted by atomic mass is 10.1. The zero-order valence-corrected chi connectivity index (χ0v) is 10.4. The molecule has 0 fully saturated rings. The molecule has 16 heavy (non-hydrogen) atoms. The van der Waals surface area contributed by atoms with Gasteiger partial charge in [0.25, 0.3) is 0 Å². The average molecular weight is 239 g/mol. The summed E-state index contributed by atoms with van der Waals surface area (Å²) in [5.41, 5.74) is 2.77. The first-order valence-corrected chi connectivity index (χ1v) is 5.70. The Kier molecular flexibility index (Phi) is 2.80. The monoisotopic (exact) mass is 238 g/mol. The number of rotatable bonds is 0. The molecule has 0 saturated heterocycles. The van der Waals surface area contributed by atoms with Crippen LogP contribution >= 0.6 is 11.6 Å². The van der Waals surface area contributed by atoms with Gasteiger partial charge in [-0.1, -0.05) is 11.6 Å². The van der Waals surface area contributed by atoms with Gasteiger partial charge in [-0.3, -0.25) is 4.79 Å². The molecule has 1 atom stereocenters. The van der Waals surface area contributed by atoms with Crippen molar-refractivity contribution in [3.63, 3.8) is 0 Å². The second kappa shape index (κ2) is 3.98. The van der Waals surface area contributed by atoms with Gasteiger partial charge in [0.1, 0.15) is 0 Å². The lowest BCUT2D eigenvalue weighted by Crippen LogP contribution is -2.27. The van der Waals surface area contributed by atoms with Crippen LogP contribution in [0.1, 0.15) is 18.9 Å². The third-order valence-electron chi connectivity index (χ3n) is 2.82. The number of fused-ring (bicyclic) bond motifs is 1. The minimum absolute atomic E-state index is 0.108. The maximum absolute atomic E-state index is 11.9. The summed E-state index contributed by atoms with van der Waals surface area (Å²) in [7, 11) is 1.79. The van der Waals surface area contributed by atoms with Gasteiger partial charge in [-0.15, -0.1) is 0 Å². The predicted molar refractivity (Wildman–Crippen MR) is 67.3 cm³/mol. The Morgan fingerprint density at radius 1 is 1.50 bits per heavy atom. The fourth-order valence-electron chi connectivity index (χ4n) is 1.96. The van der Waals surface area contributed by atoms with Crippen molar-refractivity contribution >= 4 is 28.9 Å². The number of carbonyl (C=O) groups is 1. The minimum Gasteiger partial charge on any atom is -0.379 e. The largest absolute Gasteiger partial charge is 0.379 e. The van der Waals surface area contributed by atoms with Gasteiger partial charge in [-0.05, 0) is 31.5 Å². The Bertz CT molecular complexity index is 445. The highest BCUT2D eigenvalue weighted by Gasteiger charge is 2.24. The van der Waals surface area contributed by atoms with Crippen LogP contribution in [0.15, 0.2) is 12.1 Å². The number of anilines is 2. The molecule has 1 aliphatic heterocycles. The van der Waals surface area contributed by atoms with E-state index in [9.17, 15) is 4.79 Å². The zero-order valence-electron chi connectivity index (χ0n) is 9.67. The van der Waals surface area contributed by atoms with Gasteiger partial charge in [0.2, 0.25) is 5.91 Å². The molecule has 0 aromatic heterocycles. The van der Waals surface area contributed by atoms with Crippen LogP contribution in [0.3, 0.4) is 0 Å². The fraction of sp³-hybridized carbons (Fsp3) is 0.417. The Hall–Kier alpha value is -1.22. The van der Waals surface area contributed by atoms with Crippen LogP contribution < -0.4 is 10.2 Å². The van der Waals surface area contributed by atoms with Crippen LogP contribution in [0.2, 0.25) is 5.02 Å². The number of carbonyl (C=O) groups excluding carboxylic acids is 1.